The van der Waals surface area contributed by atoms with Crippen LogP contribution >= 0.6 is 0 Å². The first kappa shape index (κ1) is 16.1. The molecule has 24 heavy (non-hydrogen) atoms. The average Bonchev–Trinajstić information content (AvgIpc) is 3.02. The van der Waals surface area contributed by atoms with Crippen LogP contribution in [0.25, 0.3) is 10.9 Å². The summed E-state index contributed by atoms with van der Waals surface area (Å²) >= 11 is 0. The minimum absolute atomic E-state index is 0.306. The van der Waals surface area contributed by atoms with Crippen molar-refractivity contribution in [3.63, 3.8) is 0 Å². The first-order chi connectivity index (χ1) is 11.6. The van der Waals surface area contributed by atoms with Gasteiger partial charge in [-0.3, -0.25) is 4.57 Å². The third kappa shape index (κ3) is 3.77. The van der Waals surface area contributed by atoms with E-state index in [1.165, 1.54) is 4.57 Å². The number of ether oxygens (including phenoxy) is 2. The molecule has 0 saturated heterocycles. The van der Waals surface area contributed by atoms with Crippen molar-refractivity contribution < 1.29 is 14.3 Å². The topological polar surface area (TPSA) is 40.5 Å². The Kier molecular flexibility index (Phi) is 4.85. The smallest absolute Gasteiger partial charge is 0.418 e. The summed E-state index contributed by atoms with van der Waals surface area (Å²) in [5.41, 5.74) is 1.89. The van der Waals surface area contributed by atoms with Gasteiger partial charge in [0.2, 0.25) is 0 Å². The van der Waals surface area contributed by atoms with Gasteiger partial charge in [0.1, 0.15) is 12.4 Å². The lowest BCUT2D eigenvalue weighted by Gasteiger charge is -2.10. The molecule has 4 nitrogen and oxygen atoms in total. The summed E-state index contributed by atoms with van der Waals surface area (Å²) in [7, 11) is 0. The Bertz CT molecular complexity index is 821. The van der Waals surface area contributed by atoms with Crippen LogP contribution in [0.1, 0.15) is 19.4 Å². The van der Waals surface area contributed by atoms with Crippen molar-refractivity contribution in [1.29, 1.82) is 0 Å². The molecule has 0 aliphatic carbocycles. The van der Waals surface area contributed by atoms with E-state index in [1.54, 1.807) is 6.20 Å². The molecule has 0 atom stereocenters. The van der Waals surface area contributed by atoms with Gasteiger partial charge < -0.3 is 9.47 Å². The number of hydrogen-bond acceptors (Lipinski definition) is 3. The van der Waals surface area contributed by atoms with Gasteiger partial charge in [0.25, 0.3) is 0 Å². The van der Waals surface area contributed by atoms with Crippen LogP contribution in [0.15, 0.2) is 60.8 Å². The average molecular weight is 323 g/mol. The quantitative estimate of drug-likeness (QED) is 0.673. The second kappa shape index (κ2) is 7.21. The zero-order chi connectivity index (χ0) is 16.9. The molecule has 4 heteroatoms. The molecule has 0 saturated carbocycles. The van der Waals surface area contributed by atoms with E-state index in [0.29, 0.717) is 19.1 Å². The summed E-state index contributed by atoms with van der Waals surface area (Å²) in [4.78, 5) is 12.2. The van der Waals surface area contributed by atoms with Gasteiger partial charge in [-0.2, -0.15) is 0 Å². The third-order valence-corrected chi connectivity index (χ3v) is 3.65. The third-order valence-electron chi connectivity index (χ3n) is 3.65. The second-order valence-corrected chi connectivity index (χ2v) is 6.15. The van der Waals surface area contributed by atoms with E-state index in [-0.39, 0.29) is 6.09 Å². The lowest BCUT2D eigenvalue weighted by molar-refractivity contribution is 0.135. The van der Waals surface area contributed by atoms with Gasteiger partial charge >= 0.3 is 6.09 Å². The second-order valence-electron chi connectivity index (χ2n) is 6.15. The monoisotopic (exact) mass is 323 g/mol. The summed E-state index contributed by atoms with van der Waals surface area (Å²) in [6, 6.07) is 17.6. The van der Waals surface area contributed by atoms with Gasteiger partial charge in [-0.05, 0) is 29.7 Å². The van der Waals surface area contributed by atoms with Crippen LogP contribution in [0, 0.1) is 5.92 Å². The van der Waals surface area contributed by atoms with Gasteiger partial charge in [0.15, 0.2) is 0 Å². The van der Waals surface area contributed by atoms with E-state index < -0.39 is 0 Å². The van der Waals surface area contributed by atoms with Gasteiger partial charge in [-0.25, -0.2) is 4.79 Å². The zero-order valence-corrected chi connectivity index (χ0v) is 13.9. The predicted molar refractivity (Wildman–Crippen MR) is 94.3 cm³/mol. The van der Waals surface area contributed by atoms with Gasteiger partial charge in [0.05, 0.1) is 12.1 Å². The van der Waals surface area contributed by atoms with E-state index >= 15 is 0 Å². The van der Waals surface area contributed by atoms with Crippen LogP contribution in [0.5, 0.6) is 5.75 Å². The highest BCUT2D eigenvalue weighted by atomic mass is 16.5. The summed E-state index contributed by atoms with van der Waals surface area (Å²) < 4.78 is 12.7. The number of fused-ring (bicyclic) bond motifs is 1. The molecule has 1 aromatic heterocycles. The number of carbonyl (C=O) groups excluding carboxylic acids is 1. The number of aromatic nitrogens is 1. The van der Waals surface area contributed by atoms with Crippen molar-refractivity contribution in [2.75, 3.05) is 6.61 Å². The summed E-state index contributed by atoms with van der Waals surface area (Å²) in [5, 5.41) is 0.976. The molecule has 0 fully saturated rings. The van der Waals surface area contributed by atoms with Crippen molar-refractivity contribution in [3.8, 4) is 5.75 Å². The highest BCUT2D eigenvalue weighted by Crippen LogP contribution is 2.23. The minimum atomic E-state index is -0.362. The zero-order valence-electron chi connectivity index (χ0n) is 13.9. The Labute approximate surface area is 141 Å². The number of carbonyl (C=O) groups is 1. The van der Waals surface area contributed by atoms with Crippen LogP contribution in [-0.2, 0) is 11.3 Å². The largest absolute Gasteiger partial charge is 0.489 e. The minimum Gasteiger partial charge on any atom is -0.489 e. The normalized spacial score (nSPS) is 11.0. The van der Waals surface area contributed by atoms with Crippen LogP contribution < -0.4 is 4.74 Å². The number of rotatable bonds is 5. The molecule has 0 N–H and O–H groups in total. The van der Waals surface area contributed by atoms with Crippen molar-refractivity contribution in [2.24, 2.45) is 5.92 Å². The molecule has 3 aromatic rings. The SMILES string of the molecule is CC(C)COC(=O)n1ccc2ccc(OCc3ccccc3)cc21. The van der Waals surface area contributed by atoms with E-state index in [4.69, 9.17) is 9.47 Å². The lowest BCUT2D eigenvalue weighted by Crippen LogP contribution is -2.15. The van der Waals surface area contributed by atoms with Gasteiger partial charge in [-0.15, -0.1) is 0 Å². The van der Waals surface area contributed by atoms with E-state index in [1.807, 2.05) is 68.4 Å². The Morgan fingerprint density at radius 2 is 1.88 bits per heavy atom. The highest BCUT2D eigenvalue weighted by molar-refractivity contribution is 5.90. The van der Waals surface area contributed by atoms with E-state index in [2.05, 4.69) is 0 Å². The first-order valence-corrected chi connectivity index (χ1v) is 8.08. The maximum atomic E-state index is 12.2. The highest BCUT2D eigenvalue weighted by Gasteiger charge is 2.11. The summed E-state index contributed by atoms with van der Waals surface area (Å²) in [6.45, 7) is 4.92. The van der Waals surface area contributed by atoms with Crippen molar-refractivity contribution in [3.05, 3.63) is 66.4 Å². The van der Waals surface area contributed by atoms with Gasteiger partial charge in [-0.1, -0.05) is 44.2 Å². The van der Waals surface area contributed by atoms with E-state index in [0.717, 1.165) is 22.2 Å². The Morgan fingerprint density at radius 1 is 1.08 bits per heavy atom. The molecular formula is C20H21NO3. The predicted octanol–water partition coefficient (Wildman–Crippen LogP) is 4.86. The molecule has 1 heterocycles. The number of nitrogens with zero attached hydrogens (tertiary/aromatic N) is 1. The van der Waals surface area contributed by atoms with Crippen molar-refractivity contribution in [2.45, 2.75) is 20.5 Å². The molecule has 0 radical (unpaired) electrons. The Hall–Kier alpha value is -2.75. The maximum absolute atomic E-state index is 12.2. The molecule has 0 amide bonds. The standard InChI is InChI=1S/C20H21NO3/c1-15(2)13-24-20(22)21-11-10-17-8-9-18(12-19(17)21)23-14-16-6-4-3-5-7-16/h3-12,15H,13-14H2,1-2H3. The first-order valence-electron chi connectivity index (χ1n) is 8.08. The Balaban J connectivity index is 1.77. The molecule has 0 unspecified atom stereocenters. The molecule has 3 rings (SSSR count). The van der Waals surface area contributed by atoms with Crippen LogP contribution in [0.2, 0.25) is 0 Å². The van der Waals surface area contributed by atoms with Crippen molar-refractivity contribution >= 4 is 17.0 Å². The molecule has 0 aliphatic rings. The molecule has 124 valence electrons. The molecule has 2 aromatic carbocycles. The van der Waals surface area contributed by atoms with E-state index in [9.17, 15) is 4.79 Å². The van der Waals surface area contributed by atoms with Gasteiger partial charge in [0, 0.05) is 17.6 Å². The fraction of sp³-hybridized carbons (Fsp3) is 0.250. The number of hydrogen-bond donors (Lipinski definition) is 0. The molecular weight excluding hydrogens is 302 g/mol. The number of benzene rings is 2. The summed E-state index contributed by atoms with van der Waals surface area (Å²) in [6.07, 6.45) is 1.37. The van der Waals surface area contributed by atoms with Crippen LogP contribution in [-0.4, -0.2) is 17.3 Å². The Morgan fingerprint density at radius 3 is 2.62 bits per heavy atom. The molecule has 0 spiro atoms. The maximum Gasteiger partial charge on any atom is 0.418 e. The fourth-order valence-electron chi connectivity index (χ4n) is 2.41. The van der Waals surface area contributed by atoms with Crippen LogP contribution in [0.4, 0.5) is 4.79 Å². The summed E-state index contributed by atoms with van der Waals surface area (Å²) in [5.74, 6) is 1.03. The lowest BCUT2D eigenvalue weighted by atomic mass is 10.2. The molecule has 0 bridgehead atoms. The van der Waals surface area contributed by atoms with Crippen LogP contribution in [0.3, 0.4) is 0 Å². The molecule has 0 aliphatic heterocycles. The van der Waals surface area contributed by atoms with Crippen molar-refractivity contribution in [1.82, 2.24) is 4.57 Å². The fourth-order valence-corrected chi connectivity index (χ4v) is 2.41.